The largest absolute Gasteiger partial charge is 0.348 e. The summed E-state index contributed by atoms with van der Waals surface area (Å²) in [5, 5.41) is 6.65. The van der Waals surface area contributed by atoms with Crippen LogP contribution in [-0.2, 0) is 4.79 Å². The Balaban J connectivity index is 1.61. The molecule has 3 aromatic rings. The van der Waals surface area contributed by atoms with Crippen LogP contribution in [0.25, 0.3) is 22.2 Å². The van der Waals surface area contributed by atoms with Gasteiger partial charge in [-0.3, -0.25) is 4.79 Å². The van der Waals surface area contributed by atoms with Gasteiger partial charge in [-0.05, 0) is 55.0 Å². The van der Waals surface area contributed by atoms with E-state index in [1.54, 1.807) is 28.7 Å². The van der Waals surface area contributed by atoms with E-state index >= 15 is 0 Å². The molecule has 0 spiro atoms. The Morgan fingerprint density at radius 1 is 1.18 bits per heavy atom. The van der Waals surface area contributed by atoms with Crippen molar-refractivity contribution in [2.24, 2.45) is 0 Å². The van der Waals surface area contributed by atoms with Gasteiger partial charge in [0.15, 0.2) is 5.13 Å². The summed E-state index contributed by atoms with van der Waals surface area (Å²) in [6.45, 7) is 2.10. The van der Waals surface area contributed by atoms with Gasteiger partial charge in [-0.15, -0.1) is 11.3 Å². The average molecular weight is 428 g/mol. The van der Waals surface area contributed by atoms with E-state index in [2.05, 4.69) is 21.7 Å². The lowest BCUT2D eigenvalue weighted by molar-refractivity contribution is -0.110. The number of nitrogens with zero attached hydrogens (tertiary/aromatic N) is 2. The number of halogens is 1. The molecule has 4 heterocycles. The number of hydrogen-bond acceptors (Lipinski definition) is 5. The molecule has 1 fully saturated rings. The van der Waals surface area contributed by atoms with E-state index < -0.39 is 0 Å². The minimum absolute atomic E-state index is 0.0951. The number of piperidine rings is 1. The molecular formula is C21H18ClN3OS2. The van der Waals surface area contributed by atoms with Gasteiger partial charge in [-0.2, -0.15) is 0 Å². The highest BCUT2D eigenvalue weighted by Gasteiger charge is 2.26. The van der Waals surface area contributed by atoms with Crippen LogP contribution >= 0.6 is 34.3 Å². The van der Waals surface area contributed by atoms with Crippen molar-refractivity contribution in [1.29, 1.82) is 0 Å². The molecule has 1 aromatic carbocycles. The Morgan fingerprint density at radius 2 is 2.04 bits per heavy atom. The lowest BCUT2D eigenvalue weighted by atomic mass is 10.1. The average Bonchev–Trinajstić information content (AvgIpc) is 3.43. The number of aromatic nitrogens is 1. The second-order valence-corrected chi connectivity index (χ2v) is 9.33. The quantitative estimate of drug-likeness (QED) is 0.520. The molecular weight excluding hydrogens is 410 g/mol. The van der Waals surface area contributed by atoms with Gasteiger partial charge in [0, 0.05) is 29.4 Å². The van der Waals surface area contributed by atoms with E-state index in [1.807, 2.05) is 24.3 Å². The number of amides is 1. The molecule has 0 bridgehead atoms. The molecule has 28 heavy (non-hydrogen) atoms. The van der Waals surface area contributed by atoms with Crippen molar-refractivity contribution in [2.45, 2.75) is 19.3 Å². The van der Waals surface area contributed by atoms with Crippen LogP contribution in [0.3, 0.4) is 0 Å². The summed E-state index contributed by atoms with van der Waals surface area (Å²) < 4.78 is 0. The number of carbonyl (C=O) groups excluding carboxylic acids is 1. The zero-order chi connectivity index (χ0) is 19.1. The number of anilines is 2. The fourth-order valence-electron chi connectivity index (χ4n) is 3.66. The minimum atomic E-state index is -0.0951. The number of hydrogen-bond donors (Lipinski definition) is 1. The van der Waals surface area contributed by atoms with E-state index in [9.17, 15) is 4.79 Å². The number of carbonyl (C=O) groups is 1. The van der Waals surface area contributed by atoms with Gasteiger partial charge in [0.2, 0.25) is 0 Å². The van der Waals surface area contributed by atoms with Crippen LogP contribution < -0.4 is 10.2 Å². The van der Waals surface area contributed by atoms with Crippen LogP contribution in [0.1, 0.15) is 29.7 Å². The van der Waals surface area contributed by atoms with E-state index in [0.717, 1.165) is 44.9 Å². The fourth-order valence-corrected chi connectivity index (χ4v) is 5.70. The monoisotopic (exact) mass is 427 g/mol. The number of thiazole rings is 1. The molecule has 1 amide bonds. The van der Waals surface area contributed by atoms with Crippen molar-refractivity contribution < 1.29 is 4.79 Å². The second kappa shape index (κ2) is 7.35. The van der Waals surface area contributed by atoms with Gasteiger partial charge in [0.25, 0.3) is 5.91 Å². The number of rotatable bonds is 3. The molecule has 2 aliphatic heterocycles. The van der Waals surface area contributed by atoms with E-state index in [1.165, 1.54) is 19.3 Å². The predicted molar refractivity (Wildman–Crippen MR) is 119 cm³/mol. The maximum atomic E-state index is 12.6. The Hall–Kier alpha value is -2.15. The van der Waals surface area contributed by atoms with Crippen LogP contribution in [0, 0.1) is 0 Å². The normalized spacial score (nSPS) is 17.8. The predicted octanol–water partition coefficient (Wildman–Crippen LogP) is 6.01. The minimum Gasteiger partial charge on any atom is -0.348 e. The molecule has 2 aromatic heterocycles. The summed E-state index contributed by atoms with van der Waals surface area (Å²) in [5.74, 6) is -0.0951. The van der Waals surface area contributed by atoms with E-state index in [4.69, 9.17) is 16.6 Å². The van der Waals surface area contributed by atoms with Gasteiger partial charge >= 0.3 is 0 Å². The topological polar surface area (TPSA) is 45.2 Å². The SMILES string of the molecule is O=C1Nc2ccc(Cl)cc2/C1=C/c1sc(N2CCCCC2)nc1-c1cccs1. The smallest absolute Gasteiger partial charge is 0.256 e. The summed E-state index contributed by atoms with van der Waals surface area (Å²) in [7, 11) is 0. The Morgan fingerprint density at radius 3 is 2.82 bits per heavy atom. The lowest BCUT2D eigenvalue weighted by Gasteiger charge is -2.25. The Labute approximate surface area is 176 Å². The molecule has 0 aliphatic carbocycles. The molecule has 5 rings (SSSR count). The number of thiophene rings is 1. The third-order valence-electron chi connectivity index (χ3n) is 5.06. The van der Waals surface area contributed by atoms with E-state index in [-0.39, 0.29) is 5.91 Å². The molecule has 1 N–H and O–H groups in total. The standard InChI is InChI=1S/C21H18ClN3OS2/c22-13-6-7-16-14(11-13)15(20(26)23-16)12-18-19(17-5-4-10-27-17)24-21(28-18)25-8-2-1-3-9-25/h4-7,10-12H,1-3,8-9H2,(H,23,26)/b15-12-. The molecule has 1 saturated heterocycles. The molecule has 142 valence electrons. The molecule has 0 saturated carbocycles. The van der Waals surface area contributed by atoms with Crippen LogP contribution in [-0.4, -0.2) is 24.0 Å². The summed E-state index contributed by atoms with van der Waals surface area (Å²) >= 11 is 9.51. The van der Waals surface area contributed by atoms with Gasteiger partial charge in [-0.25, -0.2) is 4.98 Å². The zero-order valence-corrected chi connectivity index (χ0v) is 17.5. The maximum Gasteiger partial charge on any atom is 0.256 e. The van der Waals surface area contributed by atoms with Crippen LogP contribution in [0.4, 0.5) is 10.8 Å². The highest BCUT2D eigenvalue weighted by Crippen LogP contribution is 2.41. The second-order valence-electron chi connectivity index (χ2n) is 6.94. The van der Waals surface area contributed by atoms with Gasteiger partial charge in [-0.1, -0.05) is 29.0 Å². The van der Waals surface area contributed by atoms with Crippen molar-refractivity contribution >= 4 is 62.6 Å². The number of benzene rings is 1. The summed E-state index contributed by atoms with van der Waals surface area (Å²) in [6.07, 6.45) is 5.67. The first-order valence-electron chi connectivity index (χ1n) is 9.32. The Kier molecular flexibility index (Phi) is 4.70. The number of nitrogens with one attached hydrogen (secondary N) is 1. The summed E-state index contributed by atoms with van der Waals surface area (Å²) in [6, 6.07) is 9.61. The van der Waals surface area contributed by atoms with Gasteiger partial charge < -0.3 is 10.2 Å². The molecule has 0 radical (unpaired) electrons. The van der Waals surface area contributed by atoms with Crippen LogP contribution in [0.5, 0.6) is 0 Å². The van der Waals surface area contributed by atoms with Crippen LogP contribution in [0.15, 0.2) is 35.7 Å². The highest BCUT2D eigenvalue weighted by atomic mass is 35.5. The van der Waals surface area contributed by atoms with Gasteiger partial charge in [0.05, 0.1) is 15.3 Å². The molecule has 0 unspecified atom stereocenters. The van der Waals surface area contributed by atoms with Crippen molar-refractivity contribution in [2.75, 3.05) is 23.3 Å². The van der Waals surface area contributed by atoms with Crippen LogP contribution in [0.2, 0.25) is 5.02 Å². The molecule has 7 heteroatoms. The van der Waals surface area contributed by atoms with Crippen molar-refractivity contribution in [1.82, 2.24) is 4.98 Å². The van der Waals surface area contributed by atoms with E-state index in [0.29, 0.717) is 10.6 Å². The first-order valence-corrected chi connectivity index (χ1v) is 11.4. The lowest BCUT2D eigenvalue weighted by Crippen LogP contribution is -2.29. The third-order valence-corrected chi connectivity index (χ3v) is 7.24. The first-order chi connectivity index (χ1) is 13.7. The summed E-state index contributed by atoms with van der Waals surface area (Å²) in [4.78, 5) is 22.1. The van der Waals surface area contributed by atoms with Crippen molar-refractivity contribution in [3.8, 4) is 10.6 Å². The Bertz CT molecular complexity index is 1070. The zero-order valence-electron chi connectivity index (χ0n) is 15.1. The van der Waals surface area contributed by atoms with Crippen molar-refractivity contribution in [3.05, 3.63) is 51.2 Å². The maximum absolute atomic E-state index is 12.6. The molecule has 4 nitrogen and oxygen atoms in total. The number of fused-ring (bicyclic) bond motifs is 1. The first kappa shape index (κ1) is 17.9. The summed E-state index contributed by atoms with van der Waals surface area (Å²) in [5.41, 5.74) is 3.25. The third kappa shape index (κ3) is 3.26. The molecule has 2 aliphatic rings. The molecule has 0 atom stereocenters. The fraction of sp³-hybridized carbons (Fsp3) is 0.238. The highest BCUT2D eigenvalue weighted by molar-refractivity contribution is 7.18. The van der Waals surface area contributed by atoms with Crippen molar-refractivity contribution in [3.63, 3.8) is 0 Å². The van der Waals surface area contributed by atoms with Gasteiger partial charge in [0.1, 0.15) is 5.69 Å².